The monoisotopic (exact) mass is 308 g/mol. The second kappa shape index (κ2) is 7.46. The van der Waals surface area contributed by atoms with Crippen molar-refractivity contribution in [2.45, 2.75) is 32.9 Å². The Hall–Kier alpha value is -2.80. The highest BCUT2D eigenvalue weighted by molar-refractivity contribution is 5.81. The van der Waals surface area contributed by atoms with Crippen molar-refractivity contribution < 1.29 is 9.53 Å². The van der Waals surface area contributed by atoms with Crippen molar-refractivity contribution in [3.63, 3.8) is 0 Å². The third kappa shape index (κ3) is 4.58. The molecule has 4 heteroatoms. The van der Waals surface area contributed by atoms with Gasteiger partial charge in [0.1, 0.15) is 5.75 Å². The van der Waals surface area contributed by atoms with Crippen molar-refractivity contribution in [2.24, 2.45) is 0 Å². The summed E-state index contributed by atoms with van der Waals surface area (Å²) in [6.45, 7) is 5.67. The molecular formula is C19H20N2O2. The third-order valence-corrected chi connectivity index (χ3v) is 3.60. The molecule has 2 rings (SSSR count). The minimum atomic E-state index is -0.615. The minimum absolute atomic E-state index is 0.0879. The average Bonchev–Trinajstić information content (AvgIpc) is 2.56. The van der Waals surface area contributed by atoms with E-state index in [0.717, 1.165) is 5.56 Å². The van der Waals surface area contributed by atoms with Gasteiger partial charge in [-0.1, -0.05) is 29.8 Å². The summed E-state index contributed by atoms with van der Waals surface area (Å²) in [5.74, 6) is 0.386. The van der Waals surface area contributed by atoms with Crippen molar-refractivity contribution in [3.8, 4) is 11.8 Å². The first-order valence-electron chi connectivity index (χ1n) is 7.53. The van der Waals surface area contributed by atoms with E-state index in [1.165, 1.54) is 5.56 Å². The van der Waals surface area contributed by atoms with Crippen molar-refractivity contribution in [1.82, 2.24) is 5.32 Å². The summed E-state index contributed by atoms with van der Waals surface area (Å²) in [6, 6.07) is 16.7. The van der Waals surface area contributed by atoms with Crippen LogP contribution in [-0.2, 0) is 4.79 Å². The number of amides is 1. The lowest BCUT2D eigenvalue weighted by atomic mass is 10.1. The van der Waals surface area contributed by atoms with Crippen LogP contribution in [0.15, 0.2) is 48.5 Å². The predicted octanol–water partition coefficient (Wildman–Crippen LogP) is 3.51. The maximum atomic E-state index is 12.2. The number of carbonyl (C=O) groups is 1. The van der Waals surface area contributed by atoms with Gasteiger partial charge in [-0.05, 0) is 50.6 Å². The zero-order valence-electron chi connectivity index (χ0n) is 13.5. The van der Waals surface area contributed by atoms with E-state index in [0.29, 0.717) is 11.3 Å². The zero-order chi connectivity index (χ0) is 16.8. The molecule has 1 N–H and O–H groups in total. The van der Waals surface area contributed by atoms with Crippen LogP contribution in [0.2, 0.25) is 0 Å². The summed E-state index contributed by atoms with van der Waals surface area (Å²) < 4.78 is 5.61. The first-order chi connectivity index (χ1) is 11.0. The van der Waals surface area contributed by atoms with Gasteiger partial charge in [-0.3, -0.25) is 4.79 Å². The third-order valence-electron chi connectivity index (χ3n) is 3.60. The van der Waals surface area contributed by atoms with E-state index in [1.54, 1.807) is 31.2 Å². The molecule has 2 unspecified atom stereocenters. The number of benzene rings is 2. The highest BCUT2D eigenvalue weighted by atomic mass is 16.5. The number of aryl methyl sites for hydroxylation is 1. The number of hydrogen-bond acceptors (Lipinski definition) is 3. The molecule has 0 aliphatic heterocycles. The maximum Gasteiger partial charge on any atom is 0.261 e. The molecule has 23 heavy (non-hydrogen) atoms. The van der Waals surface area contributed by atoms with Crippen LogP contribution in [0.3, 0.4) is 0 Å². The quantitative estimate of drug-likeness (QED) is 0.919. The average molecular weight is 308 g/mol. The van der Waals surface area contributed by atoms with E-state index in [4.69, 9.17) is 10.00 Å². The second-order valence-electron chi connectivity index (χ2n) is 5.54. The number of nitrogens with zero attached hydrogens (tertiary/aromatic N) is 1. The van der Waals surface area contributed by atoms with Crippen LogP contribution in [0.25, 0.3) is 0 Å². The van der Waals surface area contributed by atoms with Gasteiger partial charge in [0.25, 0.3) is 5.91 Å². The van der Waals surface area contributed by atoms with Crippen LogP contribution in [0, 0.1) is 18.3 Å². The Labute approximate surface area is 136 Å². The standard InChI is InChI=1S/C19H20N2O2/c1-13-4-8-17(9-5-13)14(2)21-19(22)15(3)23-18-10-6-16(12-20)7-11-18/h4-11,14-15H,1-3H3,(H,21,22). The molecule has 0 radical (unpaired) electrons. The van der Waals surface area contributed by atoms with Crippen LogP contribution in [0.4, 0.5) is 0 Å². The highest BCUT2D eigenvalue weighted by Gasteiger charge is 2.17. The molecule has 0 heterocycles. The number of hydrogen-bond donors (Lipinski definition) is 1. The van der Waals surface area contributed by atoms with Crippen LogP contribution >= 0.6 is 0 Å². The summed E-state index contributed by atoms with van der Waals surface area (Å²) in [6.07, 6.45) is -0.615. The van der Waals surface area contributed by atoms with Crippen LogP contribution in [0.1, 0.15) is 36.6 Å². The van der Waals surface area contributed by atoms with Gasteiger partial charge in [-0.25, -0.2) is 0 Å². The van der Waals surface area contributed by atoms with Crippen molar-refractivity contribution in [1.29, 1.82) is 5.26 Å². The normalized spacial score (nSPS) is 12.8. The van der Waals surface area contributed by atoms with Crippen LogP contribution < -0.4 is 10.1 Å². The Morgan fingerprint density at radius 3 is 2.26 bits per heavy atom. The lowest BCUT2D eigenvalue weighted by Gasteiger charge is -2.19. The lowest BCUT2D eigenvalue weighted by molar-refractivity contribution is -0.127. The SMILES string of the molecule is Cc1ccc(C(C)NC(=O)C(C)Oc2ccc(C#N)cc2)cc1. The first kappa shape index (κ1) is 16.6. The summed E-state index contributed by atoms with van der Waals surface area (Å²) in [4.78, 5) is 12.2. The molecule has 2 atom stereocenters. The van der Waals surface area contributed by atoms with E-state index in [2.05, 4.69) is 5.32 Å². The molecular weight excluding hydrogens is 288 g/mol. The number of rotatable bonds is 5. The van der Waals surface area contributed by atoms with Gasteiger partial charge in [0.05, 0.1) is 17.7 Å². The summed E-state index contributed by atoms with van der Waals surface area (Å²) in [7, 11) is 0. The molecule has 0 aromatic heterocycles. The number of ether oxygens (including phenoxy) is 1. The molecule has 0 aliphatic rings. The van der Waals surface area contributed by atoms with Gasteiger partial charge >= 0.3 is 0 Å². The molecule has 0 saturated heterocycles. The van der Waals surface area contributed by atoms with Crippen molar-refractivity contribution in [3.05, 3.63) is 65.2 Å². The van der Waals surface area contributed by atoms with Crippen LogP contribution in [-0.4, -0.2) is 12.0 Å². The van der Waals surface area contributed by atoms with Gasteiger partial charge < -0.3 is 10.1 Å². The van der Waals surface area contributed by atoms with E-state index >= 15 is 0 Å². The summed E-state index contributed by atoms with van der Waals surface area (Å²) in [5.41, 5.74) is 2.79. The Balaban J connectivity index is 1.93. The van der Waals surface area contributed by atoms with Gasteiger partial charge in [0.2, 0.25) is 0 Å². The zero-order valence-corrected chi connectivity index (χ0v) is 13.5. The number of nitriles is 1. The number of nitrogens with one attached hydrogen (secondary N) is 1. The molecule has 1 amide bonds. The molecule has 0 saturated carbocycles. The molecule has 0 fully saturated rings. The van der Waals surface area contributed by atoms with Crippen LogP contribution in [0.5, 0.6) is 5.75 Å². The molecule has 4 nitrogen and oxygen atoms in total. The minimum Gasteiger partial charge on any atom is -0.481 e. The maximum absolute atomic E-state index is 12.2. The van der Waals surface area contributed by atoms with Crippen molar-refractivity contribution in [2.75, 3.05) is 0 Å². The predicted molar refractivity (Wildman–Crippen MR) is 89.0 cm³/mol. The van der Waals surface area contributed by atoms with Gasteiger partial charge in [0, 0.05) is 0 Å². The Bertz CT molecular complexity index is 700. The largest absolute Gasteiger partial charge is 0.481 e. The summed E-state index contributed by atoms with van der Waals surface area (Å²) in [5, 5.41) is 11.7. The second-order valence-corrected chi connectivity index (χ2v) is 5.54. The first-order valence-corrected chi connectivity index (χ1v) is 7.53. The fraction of sp³-hybridized carbons (Fsp3) is 0.263. The van der Waals surface area contributed by atoms with Gasteiger partial charge in [-0.2, -0.15) is 5.26 Å². The fourth-order valence-electron chi connectivity index (χ4n) is 2.13. The lowest BCUT2D eigenvalue weighted by Crippen LogP contribution is -2.37. The Morgan fingerprint density at radius 2 is 1.70 bits per heavy atom. The highest BCUT2D eigenvalue weighted by Crippen LogP contribution is 2.16. The molecule has 2 aromatic carbocycles. The van der Waals surface area contributed by atoms with E-state index in [-0.39, 0.29) is 11.9 Å². The van der Waals surface area contributed by atoms with Gasteiger partial charge in [-0.15, -0.1) is 0 Å². The van der Waals surface area contributed by atoms with Crippen molar-refractivity contribution >= 4 is 5.91 Å². The Morgan fingerprint density at radius 1 is 1.09 bits per heavy atom. The van der Waals surface area contributed by atoms with E-state index in [9.17, 15) is 4.79 Å². The number of carbonyl (C=O) groups excluding carboxylic acids is 1. The molecule has 0 aliphatic carbocycles. The van der Waals surface area contributed by atoms with E-state index in [1.807, 2.05) is 44.2 Å². The molecule has 2 aromatic rings. The molecule has 0 spiro atoms. The van der Waals surface area contributed by atoms with E-state index < -0.39 is 6.10 Å². The summed E-state index contributed by atoms with van der Waals surface area (Å²) >= 11 is 0. The fourth-order valence-corrected chi connectivity index (χ4v) is 2.13. The molecule has 118 valence electrons. The van der Waals surface area contributed by atoms with Gasteiger partial charge in [0.15, 0.2) is 6.10 Å². The Kier molecular flexibility index (Phi) is 5.37. The topological polar surface area (TPSA) is 62.1 Å². The molecule has 0 bridgehead atoms. The smallest absolute Gasteiger partial charge is 0.261 e.